The zero-order chi connectivity index (χ0) is 12.1. The van der Waals surface area contributed by atoms with Gasteiger partial charge >= 0.3 is 5.97 Å². The molecule has 0 radical (unpaired) electrons. The highest BCUT2D eigenvalue weighted by Crippen LogP contribution is 2.22. The number of hydrogen-bond donors (Lipinski definition) is 1. The van der Waals surface area contributed by atoms with Gasteiger partial charge in [-0.3, -0.25) is 4.90 Å². The van der Waals surface area contributed by atoms with Gasteiger partial charge in [0.05, 0.1) is 6.61 Å². The van der Waals surface area contributed by atoms with Crippen molar-refractivity contribution in [2.45, 2.75) is 13.5 Å². The van der Waals surface area contributed by atoms with E-state index in [9.17, 15) is 4.79 Å². The number of nitrogens with zero attached hydrogens (tertiary/aromatic N) is 1. The van der Waals surface area contributed by atoms with Crippen molar-refractivity contribution in [3.8, 4) is 0 Å². The topological polar surface area (TPSA) is 49.8 Å². The molecule has 0 unspecified atom stereocenters. The van der Waals surface area contributed by atoms with Gasteiger partial charge in [-0.15, -0.1) is 11.3 Å². The molecule has 0 atom stereocenters. The summed E-state index contributed by atoms with van der Waals surface area (Å²) in [6.07, 6.45) is 0. The molecule has 0 bridgehead atoms. The number of likely N-dealkylation sites (N-methyl/N-ethyl adjacent to an activating group) is 1. The van der Waals surface area contributed by atoms with Crippen LogP contribution in [0.4, 0.5) is 0 Å². The quantitative estimate of drug-likeness (QED) is 0.828. The molecule has 0 spiro atoms. The van der Waals surface area contributed by atoms with Gasteiger partial charge in [-0.1, -0.05) is 0 Å². The number of thiophene rings is 1. The van der Waals surface area contributed by atoms with E-state index in [0.29, 0.717) is 11.5 Å². The molecule has 0 aliphatic rings. The first kappa shape index (κ1) is 13.2. The summed E-state index contributed by atoms with van der Waals surface area (Å²) in [6, 6.07) is 1.76. The van der Waals surface area contributed by atoms with Crippen LogP contribution in [0.3, 0.4) is 0 Å². The molecular weight excluding hydrogens is 226 g/mol. The van der Waals surface area contributed by atoms with Crippen LogP contribution in [-0.4, -0.2) is 43.3 Å². The molecular formula is C11H17NO3S. The minimum atomic E-state index is -0.848. The molecule has 90 valence electrons. The maximum absolute atomic E-state index is 10.8. The van der Waals surface area contributed by atoms with Crippen LogP contribution in [-0.2, 0) is 11.3 Å². The van der Waals surface area contributed by atoms with E-state index in [1.54, 1.807) is 13.2 Å². The Kier molecular flexibility index (Phi) is 4.92. The number of rotatable bonds is 6. The zero-order valence-corrected chi connectivity index (χ0v) is 10.6. The summed E-state index contributed by atoms with van der Waals surface area (Å²) in [5.41, 5.74) is 1.08. The van der Waals surface area contributed by atoms with Gasteiger partial charge in [0.25, 0.3) is 0 Å². The fourth-order valence-corrected chi connectivity index (χ4v) is 2.27. The highest BCUT2D eigenvalue weighted by atomic mass is 32.1. The minimum absolute atomic E-state index is 0.410. The van der Waals surface area contributed by atoms with Crippen LogP contribution < -0.4 is 0 Å². The molecule has 0 saturated carbocycles. The second-order valence-electron chi connectivity index (χ2n) is 3.73. The van der Waals surface area contributed by atoms with Crippen LogP contribution in [0.2, 0.25) is 0 Å². The van der Waals surface area contributed by atoms with Gasteiger partial charge < -0.3 is 9.84 Å². The summed E-state index contributed by atoms with van der Waals surface area (Å²) in [5.74, 6) is -0.848. The lowest BCUT2D eigenvalue weighted by molar-refractivity contribution is 0.0702. The van der Waals surface area contributed by atoms with Gasteiger partial charge in [-0.2, -0.15) is 0 Å². The maximum atomic E-state index is 10.8. The van der Waals surface area contributed by atoms with E-state index in [1.807, 2.05) is 14.0 Å². The molecule has 5 heteroatoms. The van der Waals surface area contributed by atoms with Crippen LogP contribution in [0, 0.1) is 6.92 Å². The molecule has 0 saturated heterocycles. The normalized spacial score (nSPS) is 11.0. The average Bonchev–Trinajstić information content (AvgIpc) is 2.57. The summed E-state index contributed by atoms with van der Waals surface area (Å²) >= 11 is 1.33. The SMILES string of the molecule is COCCN(C)Cc1cc(C(=O)O)sc1C. The van der Waals surface area contributed by atoms with E-state index in [2.05, 4.69) is 4.90 Å². The molecule has 4 nitrogen and oxygen atoms in total. The Morgan fingerprint density at radius 1 is 1.62 bits per heavy atom. The highest BCUT2D eigenvalue weighted by Gasteiger charge is 2.12. The highest BCUT2D eigenvalue weighted by molar-refractivity contribution is 7.14. The van der Waals surface area contributed by atoms with Crippen LogP contribution in [0.5, 0.6) is 0 Å². The monoisotopic (exact) mass is 243 g/mol. The Bertz CT molecular complexity index is 362. The van der Waals surface area contributed by atoms with Gasteiger partial charge in [0, 0.05) is 25.1 Å². The number of aryl methyl sites for hydroxylation is 1. The van der Waals surface area contributed by atoms with E-state index < -0.39 is 5.97 Å². The molecule has 1 N–H and O–H groups in total. The molecule has 1 aromatic rings. The molecule has 0 fully saturated rings. The van der Waals surface area contributed by atoms with Gasteiger partial charge in [0.1, 0.15) is 4.88 Å². The van der Waals surface area contributed by atoms with E-state index in [0.717, 1.165) is 23.5 Å². The molecule has 16 heavy (non-hydrogen) atoms. The van der Waals surface area contributed by atoms with Crippen molar-refractivity contribution in [1.82, 2.24) is 4.90 Å². The van der Waals surface area contributed by atoms with E-state index in [-0.39, 0.29) is 0 Å². The third-order valence-electron chi connectivity index (χ3n) is 2.35. The molecule has 1 aromatic heterocycles. The van der Waals surface area contributed by atoms with Crippen molar-refractivity contribution >= 4 is 17.3 Å². The number of carboxylic acids is 1. The number of hydrogen-bond acceptors (Lipinski definition) is 4. The Hall–Kier alpha value is -0.910. The number of aromatic carboxylic acids is 1. The fourth-order valence-electron chi connectivity index (χ4n) is 1.40. The van der Waals surface area contributed by atoms with Gasteiger partial charge in [0.15, 0.2) is 0 Å². The lowest BCUT2D eigenvalue weighted by Crippen LogP contribution is -2.22. The standard InChI is InChI=1S/C11H17NO3S/c1-8-9(6-10(16-8)11(13)14)7-12(2)4-5-15-3/h6H,4-5,7H2,1-3H3,(H,13,14). The van der Waals surface area contributed by atoms with E-state index in [1.165, 1.54) is 11.3 Å². The molecule has 0 aliphatic heterocycles. The minimum Gasteiger partial charge on any atom is -0.477 e. The second kappa shape index (κ2) is 5.98. The first-order chi connectivity index (χ1) is 7.54. The van der Waals surface area contributed by atoms with Gasteiger partial charge in [-0.05, 0) is 25.6 Å². The predicted molar refractivity (Wildman–Crippen MR) is 64.2 cm³/mol. The molecule has 1 heterocycles. The third kappa shape index (κ3) is 3.59. The Morgan fingerprint density at radius 2 is 2.31 bits per heavy atom. The third-order valence-corrected chi connectivity index (χ3v) is 3.43. The molecule has 0 aliphatic carbocycles. The summed E-state index contributed by atoms with van der Waals surface area (Å²) in [6.45, 7) is 4.25. The Balaban J connectivity index is 2.62. The van der Waals surface area contributed by atoms with Crippen LogP contribution >= 0.6 is 11.3 Å². The smallest absolute Gasteiger partial charge is 0.345 e. The summed E-state index contributed by atoms with van der Waals surface area (Å²) in [5, 5.41) is 8.87. The average molecular weight is 243 g/mol. The largest absolute Gasteiger partial charge is 0.477 e. The first-order valence-electron chi connectivity index (χ1n) is 5.04. The fraction of sp³-hybridized carbons (Fsp3) is 0.545. The van der Waals surface area contributed by atoms with Crippen molar-refractivity contribution in [2.24, 2.45) is 0 Å². The summed E-state index contributed by atoms with van der Waals surface area (Å²) in [4.78, 5) is 14.4. The number of carboxylic acid groups (broad SMARTS) is 1. The lowest BCUT2D eigenvalue weighted by atomic mass is 10.2. The van der Waals surface area contributed by atoms with Crippen LogP contribution in [0.1, 0.15) is 20.1 Å². The van der Waals surface area contributed by atoms with Crippen molar-refractivity contribution in [3.63, 3.8) is 0 Å². The van der Waals surface area contributed by atoms with Crippen molar-refractivity contribution < 1.29 is 14.6 Å². The summed E-state index contributed by atoms with van der Waals surface area (Å²) < 4.78 is 4.99. The number of carbonyl (C=O) groups is 1. The van der Waals surface area contributed by atoms with Gasteiger partial charge in [-0.25, -0.2) is 4.79 Å². The number of methoxy groups -OCH3 is 1. The Labute approximate surface area is 99.5 Å². The number of ether oxygens (including phenoxy) is 1. The zero-order valence-electron chi connectivity index (χ0n) is 9.82. The van der Waals surface area contributed by atoms with Crippen LogP contribution in [0.25, 0.3) is 0 Å². The van der Waals surface area contributed by atoms with Gasteiger partial charge in [0.2, 0.25) is 0 Å². The van der Waals surface area contributed by atoms with Crippen LogP contribution in [0.15, 0.2) is 6.07 Å². The van der Waals surface area contributed by atoms with Crippen molar-refractivity contribution in [2.75, 3.05) is 27.3 Å². The van der Waals surface area contributed by atoms with Crippen molar-refractivity contribution in [3.05, 3.63) is 21.4 Å². The van der Waals surface area contributed by atoms with Crippen molar-refractivity contribution in [1.29, 1.82) is 0 Å². The van der Waals surface area contributed by atoms with E-state index in [4.69, 9.17) is 9.84 Å². The lowest BCUT2D eigenvalue weighted by Gasteiger charge is -2.15. The molecule has 0 aromatic carbocycles. The Morgan fingerprint density at radius 3 is 2.81 bits per heavy atom. The summed E-state index contributed by atoms with van der Waals surface area (Å²) in [7, 11) is 3.67. The second-order valence-corrected chi connectivity index (χ2v) is 4.98. The maximum Gasteiger partial charge on any atom is 0.345 e. The molecule has 1 rings (SSSR count). The van der Waals surface area contributed by atoms with E-state index >= 15 is 0 Å². The molecule has 0 amide bonds. The first-order valence-corrected chi connectivity index (χ1v) is 5.86. The predicted octanol–water partition coefficient (Wildman–Crippen LogP) is 1.83.